The Labute approximate surface area is 115 Å². The molecule has 0 aliphatic heterocycles. The van der Waals surface area contributed by atoms with Gasteiger partial charge in [0.1, 0.15) is 11.6 Å². The smallest absolute Gasteiger partial charge is 0.132 e. The van der Waals surface area contributed by atoms with Gasteiger partial charge >= 0.3 is 0 Å². The summed E-state index contributed by atoms with van der Waals surface area (Å²) in [6, 6.07) is 7.98. The molecule has 2 aromatic rings. The fourth-order valence-corrected chi connectivity index (χ4v) is 2.23. The van der Waals surface area contributed by atoms with Crippen LogP contribution in [0.3, 0.4) is 0 Å². The van der Waals surface area contributed by atoms with Crippen molar-refractivity contribution in [3.05, 3.63) is 53.1 Å². The van der Waals surface area contributed by atoms with Gasteiger partial charge in [0.25, 0.3) is 0 Å². The second-order valence-corrected chi connectivity index (χ2v) is 4.62. The van der Waals surface area contributed by atoms with Crippen molar-refractivity contribution >= 4 is 15.9 Å². The van der Waals surface area contributed by atoms with Crippen molar-refractivity contribution in [3.63, 3.8) is 0 Å². The van der Waals surface area contributed by atoms with Gasteiger partial charge in [-0.15, -0.1) is 0 Å². The Bertz CT molecular complexity index is 526. The van der Waals surface area contributed by atoms with Gasteiger partial charge in [-0.25, -0.2) is 9.97 Å². The minimum Gasteiger partial charge on any atom is -0.497 e. The molecule has 0 saturated carbocycles. The van der Waals surface area contributed by atoms with Crippen LogP contribution in [0.25, 0.3) is 0 Å². The molecule has 2 rings (SSSR count). The Balaban J connectivity index is 2.15. The summed E-state index contributed by atoms with van der Waals surface area (Å²) in [5.41, 5.74) is 3.35. The lowest BCUT2D eigenvalue weighted by atomic mass is 10.1. The van der Waals surface area contributed by atoms with Crippen molar-refractivity contribution in [3.8, 4) is 5.75 Å². The van der Waals surface area contributed by atoms with Crippen molar-refractivity contribution < 1.29 is 4.74 Å². The minimum absolute atomic E-state index is 0.743. The van der Waals surface area contributed by atoms with Gasteiger partial charge in [0.15, 0.2) is 0 Å². The van der Waals surface area contributed by atoms with Gasteiger partial charge in [-0.05, 0) is 24.6 Å². The van der Waals surface area contributed by atoms with Gasteiger partial charge in [-0.2, -0.15) is 0 Å². The Morgan fingerprint density at radius 3 is 2.50 bits per heavy atom. The van der Waals surface area contributed by atoms with Gasteiger partial charge < -0.3 is 4.74 Å². The zero-order valence-electron chi connectivity index (χ0n) is 10.5. The van der Waals surface area contributed by atoms with Crippen LogP contribution in [0.2, 0.25) is 0 Å². The third-order valence-electron chi connectivity index (χ3n) is 2.80. The number of hydrogen-bond acceptors (Lipinski definition) is 3. The molecule has 0 N–H and O–H groups in total. The standard InChI is InChI=1S/C14H15BrN2O/c1-10-12(8-15)9-16-14(17-10)7-11-3-5-13(18-2)6-4-11/h3-6,9H,7-8H2,1-2H3. The predicted molar refractivity (Wildman–Crippen MR) is 75.2 cm³/mol. The van der Waals surface area contributed by atoms with E-state index in [0.717, 1.165) is 34.6 Å². The van der Waals surface area contributed by atoms with Gasteiger partial charge in [0.2, 0.25) is 0 Å². The second-order valence-electron chi connectivity index (χ2n) is 4.06. The third kappa shape index (κ3) is 3.07. The first-order chi connectivity index (χ1) is 8.72. The summed E-state index contributed by atoms with van der Waals surface area (Å²) in [4.78, 5) is 8.89. The number of rotatable bonds is 4. The van der Waals surface area contributed by atoms with Crippen LogP contribution < -0.4 is 4.74 Å². The molecule has 0 saturated heterocycles. The lowest BCUT2D eigenvalue weighted by molar-refractivity contribution is 0.414. The molecule has 0 amide bonds. The molecule has 1 heterocycles. The minimum atomic E-state index is 0.743. The topological polar surface area (TPSA) is 35.0 Å². The van der Waals surface area contributed by atoms with Crippen LogP contribution >= 0.6 is 15.9 Å². The van der Waals surface area contributed by atoms with Crippen molar-refractivity contribution in [2.45, 2.75) is 18.7 Å². The second kappa shape index (κ2) is 5.96. The summed E-state index contributed by atoms with van der Waals surface area (Å²) < 4.78 is 5.13. The van der Waals surface area contributed by atoms with Gasteiger partial charge in [-0.3, -0.25) is 0 Å². The van der Waals surface area contributed by atoms with Crippen molar-refractivity contribution in [1.82, 2.24) is 9.97 Å². The molecule has 0 bridgehead atoms. The van der Waals surface area contributed by atoms with E-state index in [1.165, 1.54) is 5.56 Å². The number of benzene rings is 1. The fourth-order valence-electron chi connectivity index (χ4n) is 1.68. The molecule has 0 fully saturated rings. The van der Waals surface area contributed by atoms with E-state index in [0.29, 0.717) is 0 Å². The molecule has 0 spiro atoms. The predicted octanol–water partition coefficient (Wildman–Crippen LogP) is 3.28. The Hall–Kier alpha value is -1.42. The van der Waals surface area contributed by atoms with E-state index in [4.69, 9.17) is 4.74 Å². The quantitative estimate of drug-likeness (QED) is 0.813. The van der Waals surface area contributed by atoms with Gasteiger partial charge in [0, 0.05) is 29.2 Å². The summed E-state index contributed by atoms with van der Waals surface area (Å²) in [7, 11) is 1.67. The lowest BCUT2D eigenvalue weighted by Gasteiger charge is -2.05. The van der Waals surface area contributed by atoms with Crippen LogP contribution in [0.15, 0.2) is 30.5 Å². The van der Waals surface area contributed by atoms with Crippen LogP contribution in [-0.4, -0.2) is 17.1 Å². The molecule has 0 aliphatic rings. The zero-order valence-corrected chi connectivity index (χ0v) is 12.1. The Morgan fingerprint density at radius 1 is 1.22 bits per heavy atom. The number of nitrogens with zero attached hydrogens (tertiary/aromatic N) is 2. The molecule has 0 aliphatic carbocycles. The van der Waals surface area contributed by atoms with E-state index in [9.17, 15) is 0 Å². The summed E-state index contributed by atoms with van der Waals surface area (Å²) >= 11 is 3.42. The molecule has 0 unspecified atom stereocenters. The average Bonchev–Trinajstić information content (AvgIpc) is 2.40. The van der Waals surface area contributed by atoms with Gasteiger partial charge in [-0.1, -0.05) is 28.1 Å². The number of aryl methyl sites for hydroxylation is 1. The first kappa shape index (κ1) is 13.0. The van der Waals surface area contributed by atoms with E-state index in [1.807, 2.05) is 37.4 Å². The van der Waals surface area contributed by atoms with E-state index in [1.54, 1.807) is 7.11 Å². The maximum Gasteiger partial charge on any atom is 0.132 e. The first-order valence-electron chi connectivity index (χ1n) is 5.73. The number of ether oxygens (including phenoxy) is 1. The molecular formula is C14H15BrN2O. The number of alkyl halides is 1. The molecule has 94 valence electrons. The van der Waals surface area contributed by atoms with Crippen LogP contribution in [0.1, 0.15) is 22.6 Å². The average molecular weight is 307 g/mol. The highest BCUT2D eigenvalue weighted by molar-refractivity contribution is 9.08. The van der Waals surface area contributed by atoms with E-state index in [2.05, 4.69) is 25.9 Å². The monoisotopic (exact) mass is 306 g/mol. The highest BCUT2D eigenvalue weighted by Crippen LogP contribution is 2.14. The van der Waals surface area contributed by atoms with E-state index < -0.39 is 0 Å². The summed E-state index contributed by atoms with van der Waals surface area (Å²) in [5, 5.41) is 0.793. The zero-order chi connectivity index (χ0) is 13.0. The summed E-state index contributed by atoms with van der Waals surface area (Å²) in [6.45, 7) is 2.01. The summed E-state index contributed by atoms with van der Waals surface area (Å²) in [5.74, 6) is 1.72. The molecule has 18 heavy (non-hydrogen) atoms. The highest BCUT2D eigenvalue weighted by atomic mass is 79.9. The van der Waals surface area contributed by atoms with Crippen LogP contribution in [0.5, 0.6) is 5.75 Å². The Morgan fingerprint density at radius 2 is 1.94 bits per heavy atom. The molecule has 0 atom stereocenters. The molecule has 1 aromatic heterocycles. The normalized spacial score (nSPS) is 10.4. The number of aromatic nitrogens is 2. The molecule has 3 nitrogen and oxygen atoms in total. The van der Waals surface area contributed by atoms with Crippen LogP contribution in [-0.2, 0) is 11.8 Å². The molecular weight excluding hydrogens is 292 g/mol. The fraction of sp³-hybridized carbons (Fsp3) is 0.286. The van der Waals surface area contributed by atoms with Crippen molar-refractivity contribution in [2.24, 2.45) is 0 Å². The Kier molecular flexibility index (Phi) is 4.31. The number of hydrogen-bond donors (Lipinski definition) is 0. The maximum absolute atomic E-state index is 5.13. The van der Waals surface area contributed by atoms with E-state index in [-0.39, 0.29) is 0 Å². The van der Waals surface area contributed by atoms with Crippen molar-refractivity contribution in [2.75, 3.05) is 7.11 Å². The maximum atomic E-state index is 5.13. The summed E-state index contributed by atoms with van der Waals surface area (Å²) in [6.07, 6.45) is 2.63. The van der Waals surface area contributed by atoms with Crippen LogP contribution in [0, 0.1) is 6.92 Å². The molecule has 0 radical (unpaired) electrons. The first-order valence-corrected chi connectivity index (χ1v) is 6.85. The third-order valence-corrected chi connectivity index (χ3v) is 3.40. The lowest BCUT2D eigenvalue weighted by Crippen LogP contribution is -2.01. The number of methoxy groups -OCH3 is 1. The van der Waals surface area contributed by atoms with E-state index >= 15 is 0 Å². The SMILES string of the molecule is COc1ccc(Cc2ncc(CBr)c(C)n2)cc1. The number of halogens is 1. The molecule has 1 aromatic carbocycles. The molecule has 4 heteroatoms. The van der Waals surface area contributed by atoms with Gasteiger partial charge in [0.05, 0.1) is 7.11 Å². The van der Waals surface area contributed by atoms with Crippen molar-refractivity contribution in [1.29, 1.82) is 0 Å². The highest BCUT2D eigenvalue weighted by Gasteiger charge is 2.03. The van der Waals surface area contributed by atoms with Crippen LogP contribution in [0.4, 0.5) is 0 Å². The largest absolute Gasteiger partial charge is 0.497 e.